The van der Waals surface area contributed by atoms with Gasteiger partial charge in [-0.1, -0.05) is 54.6 Å². The number of rotatable bonds is 2. The molecule has 3 aromatic carbocycles. The number of fused-ring (bicyclic) bond motifs is 3. The largest absolute Gasteiger partial charge is 0.383 e. The highest BCUT2D eigenvalue weighted by Gasteiger charge is 2.33. The van der Waals surface area contributed by atoms with Crippen LogP contribution in [0.1, 0.15) is 26.9 Å². The van der Waals surface area contributed by atoms with Gasteiger partial charge in [0, 0.05) is 28.8 Å². The van der Waals surface area contributed by atoms with E-state index < -0.39 is 6.10 Å². The van der Waals surface area contributed by atoms with Crippen molar-refractivity contribution in [3.05, 3.63) is 100 Å². The number of nitrogens with zero attached hydrogens (tertiary/aromatic N) is 1. The molecule has 0 aliphatic heterocycles. The third kappa shape index (κ3) is 2.80. The van der Waals surface area contributed by atoms with Gasteiger partial charge >= 0.3 is 0 Å². The van der Waals surface area contributed by atoms with Gasteiger partial charge < -0.3 is 9.67 Å². The van der Waals surface area contributed by atoms with E-state index in [1.807, 2.05) is 60.7 Å². The Morgan fingerprint density at radius 1 is 0.935 bits per heavy atom. The Bertz CT molecular complexity index is 1520. The van der Waals surface area contributed by atoms with Crippen LogP contribution in [0.2, 0.25) is 0 Å². The van der Waals surface area contributed by atoms with Crippen LogP contribution in [-0.2, 0) is 7.05 Å². The van der Waals surface area contributed by atoms with Crippen LogP contribution < -0.4 is 0 Å². The second kappa shape index (κ2) is 6.77. The maximum absolute atomic E-state index is 13.1. The first-order valence-corrected chi connectivity index (χ1v) is 11.0. The maximum Gasteiger partial charge on any atom is 0.192 e. The number of benzene rings is 3. The van der Waals surface area contributed by atoms with Crippen LogP contribution in [0.4, 0.5) is 0 Å². The van der Waals surface area contributed by atoms with E-state index in [1.54, 1.807) is 11.3 Å². The fourth-order valence-corrected chi connectivity index (χ4v) is 5.59. The van der Waals surface area contributed by atoms with E-state index in [0.717, 1.165) is 31.6 Å². The Kier molecular flexibility index (Phi) is 4.00. The number of thiophene rings is 1. The first kappa shape index (κ1) is 18.3. The van der Waals surface area contributed by atoms with Gasteiger partial charge in [-0.15, -0.1) is 11.3 Å². The number of aliphatic hydroxyl groups is 1. The Labute approximate surface area is 183 Å². The second-order valence-corrected chi connectivity index (χ2v) is 9.09. The number of aromatic nitrogens is 1. The molecule has 2 aromatic heterocycles. The molecule has 1 N–H and O–H groups in total. The number of hydrogen-bond acceptors (Lipinski definition) is 3. The number of ketones is 1. The number of carbonyl (C=O) groups excluding carboxylic acids is 1. The molecule has 0 amide bonds. The van der Waals surface area contributed by atoms with Gasteiger partial charge in [-0.25, -0.2) is 0 Å². The quantitative estimate of drug-likeness (QED) is 0.336. The van der Waals surface area contributed by atoms with Crippen LogP contribution in [0.3, 0.4) is 0 Å². The van der Waals surface area contributed by atoms with Gasteiger partial charge in [-0.2, -0.15) is 0 Å². The van der Waals surface area contributed by atoms with Crippen molar-refractivity contribution in [3.63, 3.8) is 0 Å². The fraction of sp³-hybridized carbons (Fsp3) is 0.0741. The zero-order chi connectivity index (χ0) is 21.1. The van der Waals surface area contributed by atoms with Gasteiger partial charge in [0.2, 0.25) is 0 Å². The lowest BCUT2D eigenvalue weighted by Crippen LogP contribution is -1.98. The van der Waals surface area contributed by atoms with Crippen molar-refractivity contribution in [1.82, 2.24) is 4.57 Å². The molecule has 0 fully saturated rings. The summed E-state index contributed by atoms with van der Waals surface area (Å²) in [6, 6.07) is 26.4. The Hall–Kier alpha value is -3.47. The standard InChI is InChI=1S/C27H19NO2S/c1-28-23(16-7-3-2-4-8-16)15-25-24(28)14-19(31-25)13-22-26(29)20-11-17-9-5-6-10-18(17)12-21(20)27(22)30/h2-15,26,29H,1H3/b22-13-. The molecule has 0 saturated heterocycles. The van der Waals surface area contributed by atoms with Crippen LogP contribution in [0.25, 0.3) is 38.3 Å². The molecule has 1 aliphatic rings. The summed E-state index contributed by atoms with van der Waals surface area (Å²) < 4.78 is 3.34. The second-order valence-electron chi connectivity index (χ2n) is 7.97. The summed E-state index contributed by atoms with van der Waals surface area (Å²) in [6.07, 6.45) is 0.960. The monoisotopic (exact) mass is 421 g/mol. The molecule has 0 radical (unpaired) electrons. The summed E-state index contributed by atoms with van der Waals surface area (Å²) >= 11 is 1.64. The molecule has 2 heterocycles. The molecule has 4 heteroatoms. The molecule has 1 aliphatic carbocycles. The summed E-state index contributed by atoms with van der Waals surface area (Å²) in [5, 5.41) is 13.0. The van der Waals surface area contributed by atoms with Crippen molar-refractivity contribution in [2.24, 2.45) is 7.05 Å². The Morgan fingerprint density at radius 2 is 1.65 bits per heavy atom. The molecule has 6 rings (SSSR count). The molecular formula is C27H19NO2S. The van der Waals surface area contributed by atoms with Gasteiger partial charge in [0.25, 0.3) is 0 Å². The molecule has 0 bridgehead atoms. The maximum atomic E-state index is 13.1. The van der Waals surface area contributed by atoms with E-state index in [0.29, 0.717) is 16.7 Å². The molecule has 1 atom stereocenters. The first-order chi connectivity index (χ1) is 15.1. The highest BCUT2D eigenvalue weighted by Crippen LogP contribution is 2.40. The van der Waals surface area contributed by atoms with E-state index in [-0.39, 0.29) is 5.78 Å². The molecule has 1 unspecified atom stereocenters. The summed E-state index contributed by atoms with van der Waals surface area (Å²) in [5.74, 6) is -0.0873. The van der Waals surface area contributed by atoms with E-state index in [2.05, 4.69) is 35.9 Å². The van der Waals surface area contributed by atoms with E-state index in [1.165, 1.54) is 5.56 Å². The number of carbonyl (C=O) groups is 1. The zero-order valence-electron chi connectivity index (χ0n) is 16.9. The van der Waals surface area contributed by atoms with Gasteiger partial charge in [-0.3, -0.25) is 4.79 Å². The summed E-state index contributed by atoms with van der Waals surface area (Å²) in [4.78, 5) is 14.1. The number of Topliss-reactive ketones (excluding diaryl/α,β-unsaturated/α-hetero) is 1. The molecule has 150 valence electrons. The minimum absolute atomic E-state index is 0.0873. The fourth-order valence-electron chi connectivity index (χ4n) is 4.51. The molecule has 0 saturated carbocycles. The van der Waals surface area contributed by atoms with Gasteiger partial charge in [-0.05, 0) is 52.2 Å². The molecule has 5 aromatic rings. The Morgan fingerprint density at radius 3 is 2.39 bits per heavy atom. The van der Waals surface area contributed by atoms with Gasteiger partial charge in [0.05, 0.1) is 10.2 Å². The van der Waals surface area contributed by atoms with Crippen molar-refractivity contribution in [2.45, 2.75) is 6.10 Å². The molecular weight excluding hydrogens is 402 g/mol. The Balaban J connectivity index is 1.41. The van der Waals surface area contributed by atoms with Crippen molar-refractivity contribution in [3.8, 4) is 11.3 Å². The van der Waals surface area contributed by atoms with Crippen LogP contribution in [0.15, 0.2) is 84.4 Å². The SMILES string of the molecule is Cn1c(-c2ccccc2)cc2sc(/C=C3\C(=O)c4cc5ccccc5cc4C3O)cc21. The number of hydrogen-bond donors (Lipinski definition) is 1. The average Bonchev–Trinajstić information content (AvgIpc) is 3.41. The normalized spacial score (nSPS) is 17.2. The van der Waals surface area contributed by atoms with E-state index in [9.17, 15) is 9.90 Å². The third-order valence-electron chi connectivity index (χ3n) is 6.13. The van der Waals surface area contributed by atoms with E-state index >= 15 is 0 Å². The molecule has 31 heavy (non-hydrogen) atoms. The minimum atomic E-state index is -0.891. The van der Waals surface area contributed by atoms with Gasteiger partial charge in [0.15, 0.2) is 5.78 Å². The van der Waals surface area contributed by atoms with Crippen molar-refractivity contribution >= 4 is 44.2 Å². The van der Waals surface area contributed by atoms with Crippen molar-refractivity contribution < 1.29 is 9.90 Å². The minimum Gasteiger partial charge on any atom is -0.383 e. The smallest absolute Gasteiger partial charge is 0.192 e. The highest BCUT2D eigenvalue weighted by atomic mass is 32.1. The van der Waals surface area contributed by atoms with Crippen LogP contribution in [0.5, 0.6) is 0 Å². The van der Waals surface area contributed by atoms with Crippen LogP contribution in [0, 0.1) is 0 Å². The number of aryl methyl sites for hydroxylation is 1. The summed E-state index contributed by atoms with van der Waals surface area (Å²) in [7, 11) is 2.06. The van der Waals surface area contributed by atoms with E-state index in [4.69, 9.17) is 0 Å². The van der Waals surface area contributed by atoms with Gasteiger partial charge in [0.1, 0.15) is 6.10 Å². The van der Waals surface area contributed by atoms with Crippen LogP contribution >= 0.6 is 11.3 Å². The molecule has 3 nitrogen and oxygen atoms in total. The number of aliphatic hydroxyl groups excluding tert-OH is 1. The predicted molar refractivity (Wildman–Crippen MR) is 127 cm³/mol. The van der Waals surface area contributed by atoms with Crippen LogP contribution in [-0.4, -0.2) is 15.5 Å². The third-order valence-corrected chi connectivity index (χ3v) is 7.15. The average molecular weight is 422 g/mol. The lowest BCUT2D eigenvalue weighted by molar-refractivity contribution is 0.102. The predicted octanol–water partition coefficient (Wildman–Crippen LogP) is 6.37. The topological polar surface area (TPSA) is 42.2 Å². The molecule has 0 spiro atoms. The zero-order valence-corrected chi connectivity index (χ0v) is 17.7. The highest BCUT2D eigenvalue weighted by molar-refractivity contribution is 7.19. The lowest BCUT2D eigenvalue weighted by atomic mass is 10.0. The van der Waals surface area contributed by atoms with Crippen molar-refractivity contribution in [2.75, 3.05) is 0 Å². The summed E-state index contributed by atoms with van der Waals surface area (Å²) in [5.41, 5.74) is 5.21. The first-order valence-electron chi connectivity index (χ1n) is 10.2. The lowest BCUT2D eigenvalue weighted by Gasteiger charge is -2.06. The summed E-state index contributed by atoms with van der Waals surface area (Å²) in [6.45, 7) is 0. The van der Waals surface area contributed by atoms with Crippen molar-refractivity contribution in [1.29, 1.82) is 0 Å².